The Hall–Kier alpha value is -2.57. The summed E-state index contributed by atoms with van der Waals surface area (Å²) in [5.41, 5.74) is -0.0918. The molecule has 1 atom stereocenters. The molecule has 7 heteroatoms. The number of nitrogens with one attached hydrogen (secondary N) is 1. The summed E-state index contributed by atoms with van der Waals surface area (Å²) in [6, 6.07) is 4.14. The highest BCUT2D eigenvalue weighted by molar-refractivity contribution is 5.94. The molecule has 94 valence electrons. The minimum Gasteiger partial charge on any atom is -0.475 e. The van der Waals surface area contributed by atoms with Crippen LogP contribution in [0, 0.1) is 0 Å². The summed E-state index contributed by atoms with van der Waals surface area (Å²) in [6.07, 6.45) is 1.50. The first kappa shape index (κ1) is 11.9. The van der Waals surface area contributed by atoms with Crippen LogP contribution in [-0.4, -0.2) is 22.1 Å². The van der Waals surface area contributed by atoms with E-state index in [-0.39, 0.29) is 17.5 Å². The summed E-state index contributed by atoms with van der Waals surface area (Å²) in [7, 11) is 0. The van der Waals surface area contributed by atoms with Gasteiger partial charge in [0, 0.05) is 6.07 Å². The Morgan fingerprint density at radius 1 is 1.50 bits per heavy atom. The van der Waals surface area contributed by atoms with Gasteiger partial charge >= 0.3 is 5.97 Å². The van der Waals surface area contributed by atoms with Crippen molar-refractivity contribution in [2.45, 2.75) is 13.0 Å². The van der Waals surface area contributed by atoms with Gasteiger partial charge in [0.05, 0.1) is 12.3 Å². The van der Waals surface area contributed by atoms with Crippen LogP contribution in [0.2, 0.25) is 0 Å². The Labute approximate surface area is 101 Å². The summed E-state index contributed by atoms with van der Waals surface area (Å²) in [4.78, 5) is 22.3. The van der Waals surface area contributed by atoms with Gasteiger partial charge < -0.3 is 19.4 Å². The highest BCUT2D eigenvalue weighted by atomic mass is 16.5. The van der Waals surface area contributed by atoms with Crippen molar-refractivity contribution in [2.24, 2.45) is 0 Å². The number of hydrogen-bond donors (Lipinski definition) is 2. The van der Waals surface area contributed by atoms with Gasteiger partial charge in [-0.15, -0.1) is 0 Å². The van der Waals surface area contributed by atoms with Gasteiger partial charge in [-0.2, -0.15) is 0 Å². The van der Waals surface area contributed by atoms with Gasteiger partial charge in [0.2, 0.25) is 5.76 Å². The maximum Gasteiger partial charge on any atom is 0.374 e. The van der Waals surface area contributed by atoms with Gasteiger partial charge in [0.1, 0.15) is 5.76 Å². The van der Waals surface area contributed by atoms with E-state index in [1.807, 2.05) is 0 Å². The van der Waals surface area contributed by atoms with Crippen molar-refractivity contribution in [3.8, 4) is 0 Å². The van der Waals surface area contributed by atoms with Crippen molar-refractivity contribution >= 4 is 11.9 Å². The summed E-state index contributed by atoms with van der Waals surface area (Å²) < 4.78 is 9.61. The lowest BCUT2D eigenvalue weighted by molar-refractivity contribution is 0.0651. The molecule has 2 aromatic heterocycles. The van der Waals surface area contributed by atoms with Crippen LogP contribution in [0.25, 0.3) is 0 Å². The smallest absolute Gasteiger partial charge is 0.374 e. The average molecular weight is 250 g/mol. The predicted molar refractivity (Wildman–Crippen MR) is 58.1 cm³/mol. The fourth-order valence-corrected chi connectivity index (χ4v) is 1.36. The zero-order valence-electron chi connectivity index (χ0n) is 9.41. The van der Waals surface area contributed by atoms with Crippen molar-refractivity contribution < 1.29 is 23.6 Å². The van der Waals surface area contributed by atoms with Gasteiger partial charge in [-0.25, -0.2) is 4.79 Å². The lowest BCUT2D eigenvalue weighted by atomic mass is 10.2. The summed E-state index contributed by atoms with van der Waals surface area (Å²) in [5, 5.41) is 14.6. The molecule has 2 N–H and O–H groups in total. The van der Waals surface area contributed by atoms with Crippen molar-refractivity contribution in [1.82, 2.24) is 10.5 Å². The monoisotopic (exact) mass is 250 g/mol. The van der Waals surface area contributed by atoms with E-state index in [0.29, 0.717) is 5.76 Å². The number of carboxylic acids is 1. The number of carbonyl (C=O) groups is 2. The number of carbonyl (C=O) groups excluding carboxylic acids is 1. The first-order valence-corrected chi connectivity index (χ1v) is 5.12. The molecular formula is C11H10N2O5. The Kier molecular flexibility index (Phi) is 3.13. The number of hydrogen-bond acceptors (Lipinski definition) is 5. The van der Waals surface area contributed by atoms with Gasteiger partial charge in [-0.1, -0.05) is 5.16 Å². The molecule has 0 aliphatic rings. The van der Waals surface area contributed by atoms with Crippen molar-refractivity contribution in [2.75, 3.05) is 0 Å². The van der Waals surface area contributed by atoms with E-state index in [2.05, 4.69) is 15.0 Å². The first-order chi connectivity index (χ1) is 8.58. The Bertz CT molecular complexity index is 558. The predicted octanol–water partition coefficient (Wildman–Crippen LogP) is 1.46. The first-order valence-electron chi connectivity index (χ1n) is 5.12. The van der Waals surface area contributed by atoms with E-state index in [1.54, 1.807) is 19.1 Å². The molecule has 0 saturated heterocycles. The van der Waals surface area contributed by atoms with Crippen LogP contribution in [0.4, 0.5) is 0 Å². The molecule has 0 spiro atoms. The van der Waals surface area contributed by atoms with Crippen LogP contribution in [0.3, 0.4) is 0 Å². The molecule has 7 nitrogen and oxygen atoms in total. The van der Waals surface area contributed by atoms with Crippen molar-refractivity contribution in [3.63, 3.8) is 0 Å². The third kappa shape index (κ3) is 2.40. The Morgan fingerprint density at radius 3 is 2.83 bits per heavy atom. The topological polar surface area (TPSA) is 106 Å². The van der Waals surface area contributed by atoms with E-state index in [1.165, 1.54) is 6.26 Å². The SMILES string of the molecule is CC(NC(=O)c1cc(C(=O)O)on1)c1ccco1. The molecule has 1 unspecified atom stereocenters. The molecule has 2 heterocycles. The largest absolute Gasteiger partial charge is 0.475 e. The van der Waals surface area contributed by atoms with Crippen LogP contribution in [0.5, 0.6) is 0 Å². The molecule has 0 aliphatic heterocycles. The lowest BCUT2D eigenvalue weighted by Gasteiger charge is -2.09. The standard InChI is InChI=1S/C11H10N2O5/c1-6(8-3-2-4-17-8)12-10(14)7-5-9(11(15)16)18-13-7/h2-6H,1H3,(H,12,14)(H,15,16). The summed E-state index contributed by atoms with van der Waals surface area (Å²) in [6.45, 7) is 1.73. The van der Waals surface area contributed by atoms with Crippen LogP contribution >= 0.6 is 0 Å². The molecule has 0 aromatic carbocycles. The molecule has 0 aliphatic carbocycles. The molecule has 0 radical (unpaired) electrons. The van der Waals surface area contributed by atoms with E-state index < -0.39 is 11.9 Å². The molecule has 1 amide bonds. The number of furan rings is 1. The van der Waals surface area contributed by atoms with Crippen LogP contribution in [0.15, 0.2) is 33.4 Å². The highest BCUT2D eigenvalue weighted by Gasteiger charge is 2.19. The van der Waals surface area contributed by atoms with E-state index >= 15 is 0 Å². The van der Waals surface area contributed by atoms with E-state index in [9.17, 15) is 9.59 Å². The van der Waals surface area contributed by atoms with E-state index in [0.717, 1.165) is 6.07 Å². The molecule has 0 saturated carbocycles. The average Bonchev–Trinajstić information content (AvgIpc) is 3.00. The Morgan fingerprint density at radius 2 is 2.28 bits per heavy atom. The van der Waals surface area contributed by atoms with Crippen molar-refractivity contribution in [1.29, 1.82) is 0 Å². The highest BCUT2D eigenvalue weighted by Crippen LogP contribution is 2.13. The molecule has 0 bridgehead atoms. The lowest BCUT2D eigenvalue weighted by Crippen LogP contribution is -2.26. The fourth-order valence-electron chi connectivity index (χ4n) is 1.36. The van der Waals surface area contributed by atoms with Gasteiger partial charge in [-0.05, 0) is 19.1 Å². The zero-order chi connectivity index (χ0) is 13.1. The van der Waals surface area contributed by atoms with Crippen LogP contribution in [0.1, 0.15) is 39.8 Å². The molecule has 2 rings (SSSR count). The number of aromatic carboxylic acids is 1. The maximum atomic E-state index is 11.7. The van der Waals surface area contributed by atoms with E-state index in [4.69, 9.17) is 9.52 Å². The fraction of sp³-hybridized carbons (Fsp3) is 0.182. The van der Waals surface area contributed by atoms with Crippen molar-refractivity contribution in [3.05, 3.63) is 41.7 Å². The number of aromatic nitrogens is 1. The summed E-state index contributed by atoms with van der Waals surface area (Å²) >= 11 is 0. The molecule has 0 fully saturated rings. The number of amides is 1. The summed E-state index contributed by atoms with van der Waals surface area (Å²) in [5.74, 6) is -1.60. The van der Waals surface area contributed by atoms with Crippen LogP contribution < -0.4 is 5.32 Å². The second-order valence-corrected chi connectivity index (χ2v) is 3.59. The maximum absolute atomic E-state index is 11.7. The van der Waals surface area contributed by atoms with Crippen LogP contribution in [-0.2, 0) is 0 Å². The second kappa shape index (κ2) is 4.74. The quantitative estimate of drug-likeness (QED) is 0.850. The van der Waals surface area contributed by atoms with Gasteiger partial charge in [0.15, 0.2) is 5.69 Å². The molecule has 18 heavy (non-hydrogen) atoms. The minimum atomic E-state index is -1.28. The number of nitrogens with zero attached hydrogens (tertiary/aromatic N) is 1. The minimum absolute atomic E-state index is 0.0918. The molecule has 2 aromatic rings. The van der Waals surface area contributed by atoms with Gasteiger partial charge in [0.25, 0.3) is 5.91 Å². The number of carboxylic acid groups (broad SMARTS) is 1. The Balaban J connectivity index is 2.05. The number of rotatable bonds is 4. The third-order valence-corrected chi connectivity index (χ3v) is 2.27. The third-order valence-electron chi connectivity index (χ3n) is 2.27. The zero-order valence-corrected chi connectivity index (χ0v) is 9.41. The molecular weight excluding hydrogens is 240 g/mol. The van der Waals surface area contributed by atoms with Gasteiger partial charge in [-0.3, -0.25) is 4.79 Å². The normalized spacial score (nSPS) is 12.1. The second-order valence-electron chi connectivity index (χ2n) is 3.59.